The average molecular weight is 379 g/mol. The minimum absolute atomic E-state index is 0.664. The fourth-order valence-corrected chi connectivity index (χ4v) is 3.03. The summed E-state index contributed by atoms with van der Waals surface area (Å²) >= 11 is 0. The van der Waals surface area contributed by atoms with Crippen LogP contribution in [0.2, 0.25) is 0 Å². The number of aromatic nitrogens is 3. The Bertz CT molecular complexity index is 1100. The van der Waals surface area contributed by atoms with E-state index in [-0.39, 0.29) is 0 Å². The van der Waals surface area contributed by atoms with Gasteiger partial charge in [0.15, 0.2) is 0 Å². The fraction of sp³-hybridized carbons (Fsp3) is 0.0909. The molecule has 0 aliphatic heterocycles. The van der Waals surface area contributed by atoms with E-state index < -0.39 is 11.7 Å². The Morgan fingerprint density at radius 1 is 0.750 bits per heavy atom. The van der Waals surface area contributed by atoms with Gasteiger partial charge in [-0.2, -0.15) is 18.3 Å². The highest BCUT2D eigenvalue weighted by molar-refractivity contribution is 5.72. The van der Waals surface area contributed by atoms with Gasteiger partial charge in [-0.05, 0) is 48.4 Å². The third-order valence-electron chi connectivity index (χ3n) is 4.42. The van der Waals surface area contributed by atoms with Crippen molar-refractivity contribution in [3.05, 3.63) is 84.1 Å². The van der Waals surface area contributed by atoms with Crippen LogP contribution in [0.4, 0.5) is 13.2 Å². The monoisotopic (exact) mass is 379 g/mol. The van der Waals surface area contributed by atoms with Crippen LogP contribution in [0.15, 0.2) is 72.8 Å². The second-order valence-corrected chi connectivity index (χ2v) is 6.49. The molecule has 0 radical (unpaired) electrons. The van der Waals surface area contributed by atoms with Crippen molar-refractivity contribution in [1.29, 1.82) is 0 Å². The van der Waals surface area contributed by atoms with E-state index in [0.29, 0.717) is 11.3 Å². The summed E-state index contributed by atoms with van der Waals surface area (Å²) in [7, 11) is 0. The number of nitrogens with zero attached hydrogens (tertiary/aromatic N) is 2. The largest absolute Gasteiger partial charge is 0.416 e. The van der Waals surface area contributed by atoms with Crippen LogP contribution in [0.25, 0.3) is 33.8 Å². The molecule has 0 aliphatic rings. The molecule has 0 saturated carbocycles. The third kappa shape index (κ3) is 3.67. The van der Waals surface area contributed by atoms with Crippen molar-refractivity contribution < 1.29 is 13.2 Å². The topological polar surface area (TPSA) is 41.6 Å². The molecule has 0 saturated heterocycles. The van der Waals surface area contributed by atoms with Gasteiger partial charge in [0.05, 0.1) is 22.6 Å². The third-order valence-corrected chi connectivity index (χ3v) is 4.42. The van der Waals surface area contributed by atoms with Gasteiger partial charge in [0.25, 0.3) is 0 Å². The molecule has 3 nitrogen and oxygen atoms in total. The van der Waals surface area contributed by atoms with Crippen molar-refractivity contribution >= 4 is 0 Å². The number of nitrogens with one attached hydrogen (secondary N) is 1. The van der Waals surface area contributed by atoms with Crippen molar-refractivity contribution in [3.63, 3.8) is 0 Å². The van der Waals surface area contributed by atoms with Crippen LogP contribution in [0.3, 0.4) is 0 Å². The van der Waals surface area contributed by atoms with Crippen molar-refractivity contribution in [2.45, 2.75) is 13.1 Å². The molecular weight excluding hydrogens is 363 g/mol. The lowest BCUT2D eigenvalue weighted by Gasteiger charge is -2.09. The van der Waals surface area contributed by atoms with Crippen molar-refractivity contribution in [1.82, 2.24) is 15.2 Å². The number of H-pyrrole nitrogens is 1. The molecule has 6 heteroatoms. The van der Waals surface area contributed by atoms with Gasteiger partial charge in [0.1, 0.15) is 0 Å². The molecule has 0 atom stereocenters. The summed E-state index contributed by atoms with van der Waals surface area (Å²) in [5, 5.41) is 7.34. The number of benzene rings is 2. The molecule has 28 heavy (non-hydrogen) atoms. The highest BCUT2D eigenvalue weighted by atomic mass is 19.4. The van der Waals surface area contributed by atoms with Crippen LogP contribution >= 0.6 is 0 Å². The van der Waals surface area contributed by atoms with Crippen LogP contribution in [-0.4, -0.2) is 15.2 Å². The maximum absolute atomic E-state index is 12.8. The minimum atomic E-state index is -4.35. The summed E-state index contributed by atoms with van der Waals surface area (Å²) < 4.78 is 38.4. The molecule has 0 fully saturated rings. The zero-order valence-electron chi connectivity index (χ0n) is 15.0. The summed E-state index contributed by atoms with van der Waals surface area (Å²) in [5.74, 6) is 0. The lowest BCUT2D eigenvalue weighted by atomic mass is 10.0. The van der Waals surface area contributed by atoms with Gasteiger partial charge in [0.2, 0.25) is 0 Å². The summed E-state index contributed by atoms with van der Waals surface area (Å²) in [4.78, 5) is 4.54. The molecule has 1 N–H and O–H groups in total. The number of alkyl halides is 3. The van der Waals surface area contributed by atoms with E-state index in [1.54, 1.807) is 0 Å². The Kier molecular flexibility index (Phi) is 4.47. The van der Waals surface area contributed by atoms with E-state index in [2.05, 4.69) is 15.2 Å². The van der Waals surface area contributed by atoms with Gasteiger partial charge in [-0.15, -0.1) is 0 Å². The summed E-state index contributed by atoms with van der Waals surface area (Å²) in [6, 6.07) is 20.5. The molecule has 0 unspecified atom stereocenters. The van der Waals surface area contributed by atoms with Crippen LogP contribution < -0.4 is 0 Å². The quantitative estimate of drug-likeness (QED) is 0.465. The molecule has 0 spiro atoms. The van der Waals surface area contributed by atoms with E-state index >= 15 is 0 Å². The molecule has 140 valence electrons. The fourth-order valence-electron chi connectivity index (χ4n) is 3.03. The van der Waals surface area contributed by atoms with Crippen LogP contribution in [-0.2, 0) is 6.18 Å². The van der Waals surface area contributed by atoms with Gasteiger partial charge in [0, 0.05) is 11.3 Å². The highest BCUT2D eigenvalue weighted by Gasteiger charge is 2.30. The molecular formula is C22H16F3N3. The van der Waals surface area contributed by atoms with E-state index in [0.717, 1.165) is 40.3 Å². The molecule has 2 aromatic carbocycles. The highest BCUT2D eigenvalue weighted by Crippen LogP contribution is 2.32. The van der Waals surface area contributed by atoms with Gasteiger partial charge >= 0.3 is 6.18 Å². The number of hydrogen-bond donors (Lipinski definition) is 1. The van der Waals surface area contributed by atoms with E-state index in [1.807, 2.05) is 55.5 Å². The summed E-state index contributed by atoms with van der Waals surface area (Å²) in [6.45, 7) is 1.85. The van der Waals surface area contributed by atoms with Crippen molar-refractivity contribution in [2.75, 3.05) is 0 Å². The molecule has 4 aromatic rings. The molecule has 0 bridgehead atoms. The first-order chi connectivity index (χ1) is 13.4. The standard InChI is InChI=1S/C22H16F3N3/c1-14-11-17(15-7-9-18(10-8-15)22(23,24)25)12-20(26-14)21-13-19(27-28-21)16-5-3-2-4-6-16/h2-13H,1H3,(H,27,28). The van der Waals surface area contributed by atoms with Gasteiger partial charge < -0.3 is 0 Å². The lowest BCUT2D eigenvalue weighted by molar-refractivity contribution is -0.137. The van der Waals surface area contributed by atoms with Crippen molar-refractivity contribution in [2.24, 2.45) is 0 Å². The Morgan fingerprint density at radius 3 is 2.14 bits per heavy atom. The second-order valence-electron chi connectivity index (χ2n) is 6.49. The van der Waals surface area contributed by atoms with Gasteiger partial charge in [-0.1, -0.05) is 42.5 Å². The normalized spacial score (nSPS) is 11.6. The zero-order valence-corrected chi connectivity index (χ0v) is 15.0. The molecule has 2 aromatic heterocycles. The number of hydrogen-bond acceptors (Lipinski definition) is 2. The number of halogens is 3. The number of aryl methyl sites for hydroxylation is 1. The molecule has 0 aliphatic carbocycles. The Labute approximate surface area is 159 Å². The van der Waals surface area contributed by atoms with Crippen LogP contribution in [0.5, 0.6) is 0 Å². The maximum Gasteiger partial charge on any atom is 0.416 e. The Morgan fingerprint density at radius 2 is 1.46 bits per heavy atom. The first kappa shape index (κ1) is 18.0. The SMILES string of the molecule is Cc1cc(-c2ccc(C(F)(F)F)cc2)cc(-c2cc(-c3ccccc3)n[nH]2)n1. The number of pyridine rings is 1. The van der Waals surface area contributed by atoms with Crippen molar-refractivity contribution in [3.8, 4) is 33.8 Å². The lowest BCUT2D eigenvalue weighted by Crippen LogP contribution is -2.04. The Balaban J connectivity index is 1.69. The van der Waals surface area contributed by atoms with E-state index in [1.165, 1.54) is 12.1 Å². The van der Waals surface area contributed by atoms with E-state index in [9.17, 15) is 13.2 Å². The second kappa shape index (κ2) is 6.96. The maximum atomic E-state index is 12.8. The van der Waals surface area contributed by atoms with Crippen LogP contribution in [0, 0.1) is 6.92 Å². The van der Waals surface area contributed by atoms with Gasteiger partial charge in [-0.25, -0.2) is 0 Å². The predicted octanol–water partition coefficient (Wildman–Crippen LogP) is 6.13. The summed E-state index contributed by atoms with van der Waals surface area (Å²) in [5.41, 5.74) is 4.82. The molecule has 4 rings (SSSR count). The average Bonchev–Trinajstić information content (AvgIpc) is 3.18. The first-order valence-electron chi connectivity index (χ1n) is 8.68. The van der Waals surface area contributed by atoms with E-state index in [4.69, 9.17) is 0 Å². The first-order valence-corrected chi connectivity index (χ1v) is 8.68. The number of aromatic amines is 1. The zero-order chi connectivity index (χ0) is 19.7. The van der Waals surface area contributed by atoms with Crippen LogP contribution in [0.1, 0.15) is 11.3 Å². The minimum Gasteiger partial charge on any atom is -0.276 e. The Hall–Kier alpha value is -3.41. The number of rotatable bonds is 3. The molecule has 0 amide bonds. The predicted molar refractivity (Wildman–Crippen MR) is 102 cm³/mol. The van der Waals surface area contributed by atoms with Gasteiger partial charge in [-0.3, -0.25) is 10.1 Å². The molecule has 2 heterocycles. The summed E-state index contributed by atoms with van der Waals surface area (Å²) in [6.07, 6.45) is -4.35. The smallest absolute Gasteiger partial charge is 0.276 e.